The van der Waals surface area contributed by atoms with Gasteiger partial charge in [0.2, 0.25) is 0 Å². The van der Waals surface area contributed by atoms with Crippen LogP contribution in [-0.2, 0) is 4.79 Å². The van der Waals surface area contributed by atoms with Gasteiger partial charge in [-0.25, -0.2) is 0 Å². The molecule has 0 spiro atoms. The Morgan fingerprint density at radius 3 is 2.60 bits per heavy atom. The van der Waals surface area contributed by atoms with E-state index in [1.807, 2.05) is 6.92 Å². The van der Waals surface area contributed by atoms with Crippen molar-refractivity contribution in [2.45, 2.75) is 57.5 Å². The minimum absolute atomic E-state index is 0.200. The standard InChI is InChI=1S/C18H25NO/c1-4-17(20)18-15(13-7-5-12(2)6-8-13)11-14-9-10-16(18)19(14)3/h5-8,14-16,18H,4,9-11H2,1-3H3/t14?,15-,16?,18-/m0/s1. The number of Topliss-reactive ketones (excluding diaryl/α,β-unsaturated/α-hetero) is 1. The zero-order valence-electron chi connectivity index (χ0n) is 12.8. The number of carbonyl (C=O) groups excluding carboxylic acids is 1. The predicted octanol–water partition coefficient (Wildman–Crippen LogP) is 3.54. The number of hydrogen-bond donors (Lipinski definition) is 0. The lowest BCUT2D eigenvalue weighted by atomic mass is 9.73. The molecular formula is C18H25NO. The average molecular weight is 271 g/mol. The van der Waals surface area contributed by atoms with Crippen LogP contribution in [0.25, 0.3) is 0 Å². The molecule has 0 aliphatic carbocycles. The normalized spacial score (nSPS) is 33.4. The molecule has 0 N–H and O–H groups in total. The molecule has 3 rings (SSSR count). The van der Waals surface area contributed by atoms with E-state index in [1.165, 1.54) is 24.0 Å². The Labute approximate surface area is 122 Å². The van der Waals surface area contributed by atoms with Crippen LogP contribution in [0.4, 0.5) is 0 Å². The molecule has 2 heterocycles. The smallest absolute Gasteiger partial charge is 0.137 e. The fourth-order valence-electron chi connectivity index (χ4n) is 4.30. The maximum absolute atomic E-state index is 12.5. The van der Waals surface area contributed by atoms with Crippen molar-refractivity contribution in [2.24, 2.45) is 5.92 Å². The zero-order chi connectivity index (χ0) is 14.3. The third kappa shape index (κ3) is 2.20. The third-order valence-electron chi connectivity index (χ3n) is 5.49. The summed E-state index contributed by atoms with van der Waals surface area (Å²) in [6.07, 6.45) is 4.27. The van der Waals surface area contributed by atoms with Crippen LogP contribution in [0.3, 0.4) is 0 Å². The van der Waals surface area contributed by atoms with Crippen molar-refractivity contribution < 1.29 is 4.79 Å². The minimum atomic E-state index is 0.200. The maximum atomic E-state index is 12.5. The molecule has 2 unspecified atom stereocenters. The fraction of sp³-hybridized carbons (Fsp3) is 0.611. The number of rotatable bonds is 3. The van der Waals surface area contributed by atoms with Crippen LogP contribution in [0.15, 0.2) is 24.3 Å². The van der Waals surface area contributed by atoms with Gasteiger partial charge in [-0.2, -0.15) is 0 Å². The second-order valence-electron chi connectivity index (χ2n) is 6.56. The monoisotopic (exact) mass is 271 g/mol. The molecule has 4 atom stereocenters. The van der Waals surface area contributed by atoms with Gasteiger partial charge in [-0.1, -0.05) is 36.8 Å². The van der Waals surface area contributed by atoms with Crippen molar-refractivity contribution in [3.63, 3.8) is 0 Å². The van der Waals surface area contributed by atoms with Crippen molar-refractivity contribution in [3.05, 3.63) is 35.4 Å². The van der Waals surface area contributed by atoms with E-state index in [4.69, 9.17) is 0 Å². The van der Waals surface area contributed by atoms with Gasteiger partial charge in [0, 0.05) is 24.4 Å². The summed E-state index contributed by atoms with van der Waals surface area (Å²) in [5.41, 5.74) is 2.66. The van der Waals surface area contributed by atoms with Crippen LogP contribution in [0.2, 0.25) is 0 Å². The summed E-state index contributed by atoms with van der Waals surface area (Å²) in [4.78, 5) is 15.0. The Morgan fingerprint density at radius 2 is 1.95 bits per heavy atom. The van der Waals surface area contributed by atoms with Crippen LogP contribution >= 0.6 is 0 Å². The number of ketones is 1. The first kappa shape index (κ1) is 13.8. The van der Waals surface area contributed by atoms with E-state index in [9.17, 15) is 4.79 Å². The Balaban J connectivity index is 1.95. The highest BCUT2D eigenvalue weighted by Gasteiger charge is 2.48. The summed E-state index contributed by atoms with van der Waals surface area (Å²) in [5.74, 6) is 1.08. The van der Waals surface area contributed by atoms with Gasteiger partial charge in [0.1, 0.15) is 5.78 Å². The molecule has 0 saturated carbocycles. The quantitative estimate of drug-likeness (QED) is 0.838. The van der Waals surface area contributed by atoms with Crippen LogP contribution in [0.5, 0.6) is 0 Å². The van der Waals surface area contributed by atoms with Crippen LogP contribution in [-0.4, -0.2) is 29.8 Å². The largest absolute Gasteiger partial charge is 0.300 e. The van der Waals surface area contributed by atoms with Gasteiger partial charge in [0.15, 0.2) is 0 Å². The van der Waals surface area contributed by atoms with Gasteiger partial charge in [-0.05, 0) is 44.7 Å². The Hall–Kier alpha value is -1.15. The lowest BCUT2D eigenvalue weighted by Crippen LogP contribution is -2.48. The molecule has 2 saturated heterocycles. The van der Waals surface area contributed by atoms with E-state index in [-0.39, 0.29) is 5.92 Å². The first-order valence-electron chi connectivity index (χ1n) is 7.93. The van der Waals surface area contributed by atoms with Gasteiger partial charge in [-0.15, -0.1) is 0 Å². The molecule has 2 nitrogen and oxygen atoms in total. The minimum Gasteiger partial charge on any atom is -0.300 e. The first-order chi connectivity index (χ1) is 9.61. The van der Waals surface area contributed by atoms with Crippen molar-refractivity contribution in [1.29, 1.82) is 0 Å². The lowest BCUT2D eigenvalue weighted by molar-refractivity contribution is -0.126. The molecule has 108 valence electrons. The summed E-state index contributed by atoms with van der Waals surface area (Å²) in [6, 6.07) is 9.98. The number of benzene rings is 1. The lowest BCUT2D eigenvalue weighted by Gasteiger charge is -2.42. The van der Waals surface area contributed by atoms with E-state index in [2.05, 4.69) is 43.1 Å². The van der Waals surface area contributed by atoms with Crippen molar-refractivity contribution in [3.8, 4) is 0 Å². The molecule has 2 aliphatic rings. The third-order valence-corrected chi connectivity index (χ3v) is 5.49. The zero-order valence-corrected chi connectivity index (χ0v) is 12.8. The predicted molar refractivity (Wildman–Crippen MR) is 81.9 cm³/mol. The van der Waals surface area contributed by atoms with E-state index >= 15 is 0 Å². The number of piperidine rings is 1. The second kappa shape index (κ2) is 5.33. The summed E-state index contributed by atoms with van der Waals surface area (Å²) >= 11 is 0. The summed E-state index contributed by atoms with van der Waals surface area (Å²) in [6.45, 7) is 4.13. The van der Waals surface area contributed by atoms with E-state index in [0.29, 0.717) is 30.2 Å². The Kier molecular flexibility index (Phi) is 3.68. The maximum Gasteiger partial charge on any atom is 0.137 e. The summed E-state index contributed by atoms with van der Waals surface area (Å²) < 4.78 is 0. The summed E-state index contributed by atoms with van der Waals surface area (Å²) in [7, 11) is 2.21. The molecule has 2 heteroatoms. The molecule has 1 aromatic carbocycles. The van der Waals surface area contributed by atoms with Crippen LogP contribution < -0.4 is 0 Å². The molecule has 2 bridgehead atoms. The van der Waals surface area contributed by atoms with Crippen molar-refractivity contribution in [2.75, 3.05) is 7.05 Å². The molecule has 20 heavy (non-hydrogen) atoms. The number of fused-ring (bicyclic) bond motifs is 2. The number of carbonyl (C=O) groups is 1. The molecule has 0 aromatic heterocycles. The molecule has 0 amide bonds. The highest BCUT2D eigenvalue weighted by Crippen LogP contribution is 2.46. The SMILES string of the molecule is CCC(=O)[C@@H]1C2CCC(C[C@H]1c1ccc(C)cc1)N2C. The van der Waals surface area contributed by atoms with Gasteiger partial charge in [0.25, 0.3) is 0 Å². The highest BCUT2D eigenvalue weighted by atomic mass is 16.1. The molecule has 0 radical (unpaired) electrons. The van der Waals surface area contributed by atoms with E-state index in [0.717, 1.165) is 6.42 Å². The topological polar surface area (TPSA) is 20.3 Å². The van der Waals surface area contributed by atoms with E-state index in [1.54, 1.807) is 0 Å². The molecular weight excluding hydrogens is 246 g/mol. The fourth-order valence-corrected chi connectivity index (χ4v) is 4.30. The van der Waals surface area contributed by atoms with Crippen molar-refractivity contribution >= 4 is 5.78 Å². The number of aryl methyl sites for hydroxylation is 1. The van der Waals surface area contributed by atoms with Gasteiger partial charge < -0.3 is 0 Å². The summed E-state index contributed by atoms with van der Waals surface area (Å²) in [5, 5.41) is 0. The number of hydrogen-bond acceptors (Lipinski definition) is 2. The molecule has 2 fully saturated rings. The average Bonchev–Trinajstić information content (AvgIpc) is 2.70. The van der Waals surface area contributed by atoms with Gasteiger partial charge >= 0.3 is 0 Å². The van der Waals surface area contributed by atoms with E-state index < -0.39 is 0 Å². The first-order valence-corrected chi connectivity index (χ1v) is 7.93. The van der Waals surface area contributed by atoms with Crippen molar-refractivity contribution in [1.82, 2.24) is 4.90 Å². The van der Waals surface area contributed by atoms with Crippen LogP contribution in [0, 0.1) is 12.8 Å². The van der Waals surface area contributed by atoms with Crippen LogP contribution in [0.1, 0.15) is 49.7 Å². The second-order valence-corrected chi connectivity index (χ2v) is 6.56. The molecule has 1 aromatic rings. The van der Waals surface area contributed by atoms with Gasteiger partial charge in [-0.3, -0.25) is 9.69 Å². The Bertz CT molecular complexity index is 493. The number of nitrogens with zero attached hydrogens (tertiary/aromatic N) is 1. The van der Waals surface area contributed by atoms with Gasteiger partial charge in [0.05, 0.1) is 0 Å². The highest BCUT2D eigenvalue weighted by molar-refractivity contribution is 5.82. The Morgan fingerprint density at radius 1 is 1.25 bits per heavy atom. The molecule has 2 aliphatic heterocycles.